The highest BCUT2D eigenvalue weighted by Gasteiger charge is 2.35. The van der Waals surface area contributed by atoms with Gasteiger partial charge in [0.05, 0.1) is 24.0 Å². The lowest BCUT2D eigenvalue weighted by atomic mass is 10.1. The van der Waals surface area contributed by atoms with E-state index in [1.807, 2.05) is 0 Å². The predicted molar refractivity (Wildman–Crippen MR) is 55.0 cm³/mol. The van der Waals surface area contributed by atoms with Gasteiger partial charge in [0.25, 0.3) is 11.6 Å². The van der Waals surface area contributed by atoms with Crippen LogP contribution in [-0.4, -0.2) is 34.5 Å². The molecule has 20 heavy (non-hydrogen) atoms. The largest absolute Gasteiger partial charge is 0.574 e. The van der Waals surface area contributed by atoms with Crippen LogP contribution in [0.3, 0.4) is 0 Å². The first-order valence-corrected chi connectivity index (χ1v) is 4.83. The van der Waals surface area contributed by atoms with Crippen LogP contribution in [-0.2, 0) is 16.0 Å². The van der Waals surface area contributed by atoms with Gasteiger partial charge in [0.1, 0.15) is 6.20 Å². The zero-order chi connectivity index (χ0) is 15.5. The molecule has 11 heteroatoms. The van der Waals surface area contributed by atoms with Gasteiger partial charge in [-0.15, -0.1) is 13.2 Å². The molecule has 1 N–H and O–H groups in total. The summed E-state index contributed by atoms with van der Waals surface area (Å²) in [6.45, 7) is 0. The minimum atomic E-state index is -5.15. The van der Waals surface area contributed by atoms with E-state index in [4.69, 9.17) is 0 Å². The van der Waals surface area contributed by atoms with E-state index in [-0.39, 0.29) is 0 Å². The number of ether oxygens (including phenoxy) is 2. The monoisotopic (exact) mass is 296 g/mol. The summed E-state index contributed by atoms with van der Waals surface area (Å²) in [5.41, 5.74) is -1.52. The Balaban J connectivity index is 3.30. The average Bonchev–Trinajstić information content (AvgIpc) is 2.32. The Kier molecular flexibility index (Phi) is 4.32. The highest BCUT2D eigenvalue weighted by molar-refractivity contribution is 5.75. The maximum Gasteiger partial charge on any atom is 0.574 e. The lowest BCUT2D eigenvalue weighted by Gasteiger charge is -2.11. The van der Waals surface area contributed by atoms with Crippen LogP contribution in [0.5, 0.6) is 11.6 Å². The molecule has 1 rings (SSSR count). The zero-order valence-corrected chi connectivity index (χ0v) is 9.80. The first-order chi connectivity index (χ1) is 9.15. The smallest absolute Gasteiger partial charge is 0.503 e. The maximum absolute atomic E-state index is 12.0. The average molecular weight is 296 g/mol. The second-order valence-electron chi connectivity index (χ2n) is 3.33. The van der Waals surface area contributed by atoms with Crippen LogP contribution in [0.15, 0.2) is 6.20 Å². The standard InChI is InChI=1S/C9H7F3N2O6/c1-19-6(15)2-4-5(14(17)18)3-13-8(7(4)16)20-9(10,11)12/h3,16H,2H2,1H3. The Morgan fingerprint density at radius 2 is 2.15 bits per heavy atom. The van der Waals surface area contributed by atoms with Crippen molar-refractivity contribution in [2.24, 2.45) is 0 Å². The minimum absolute atomic E-state index is 0.444. The Bertz CT molecular complexity index is 545. The van der Waals surface area contributed by atoms with Crippen LogP contribution in [0.1, 0.15) is 5.56 Å². The summed E-state index contributed by atoms with van der Waals surface area (Å²) in [5, 5.41) is 20.2. The van der Waals surface area contributed by atoms with Crippen molar-refractivity contribution in [2.45, 2.75) is 12.8 Å². The van der Waals surface area contributed by atoms with Crippen LogP contribution >= 0.6 is 0 Å². The van der Waals surface area contributed by atoms with E-state index in [0.717, 1.165) is 7.11 Å². The van der Waals surface area contributed by atoms with Crippen LogP contribution in [0.4, 0.5) is 18.9 Å². The number of aromatic hydroxyl groups is 1. The molecule has 0 amide bonds. The summed E-state index contributed by atoms with van der Waals surface area (Å²) in [4.78, 5) is 23.7. The Morgan fingerprint density at radius 3 is 2.60 bits per heavy atom. The van der Waals surface area contributed by atoms with Gasteiger partial charge >= 0.3 is 12.3 Å². The van der Waals surface area contributed by atoms with Gasteiger partial charge in [-0.05, 0) is 0 Å². The number of hydrogen-bond acceptors (Lipinski definition) is 7. The number of hydrogen-bond donors (Lipinski definition) is 1. The molecule has 0 saturated heterocycles. The molecule has 0 unspecified atom stereocenters. The molecule has 8 nitrogen and oxygen atoms in total. The first-order valence-electron chi connectivity index (χ1n) is 4.83. The molecule has 0 saturated carbocycles. The number of methoxy groups -OCH3 is 1. The number of nitrogens with zero attached hydrogens (tertiary/aromatic N) is 2. The molecule has 0 aliphatic carbocycles. The molecule has 0 aromatic carbocycles. The van der Waals surface area contributed by atoms with E-state index in [0.29, 0.717) is 6.20 Å². The lowest BCUT2D eigenvalue weighted by molar-refractivity contribution is -0.386. The third-order valence-electron chi connectivity index (χ3n) is 2.06. The summed E-state index contributed by atoms with van der Waals surface area (Å²) < 4.78 is 43.7. The lowest BCUT2D eigenvalue weighted by Crippen LogP contribution is -2.18. The van der Waals surface area contributed by atoms with Gasteiger partial charge in [0.15, 0.2) is 5.75 Å². The van der Waals surface area contributed by atoms with Gasteiger partial charge in [-0.1, -0.05) is 0 Å². The van der Waals surface area contributed by atoms with Gasteiger partial charge in [-0.25, -0.2) is 4.98 Å². The molecule has 0 aliphatic rings. The molecule has 0 bridgehead atoms. The second-order valence-corrected chi connectivity index (χ2v) is 3.33. The van der Waals surface area contributed by atoms with E-state index in [1.54, 1.807) is 0 Å². The van der Waals surface area contributed by atoms with Crippen LogP contribution < -0.4 is 4.74 Å². The van der Waals surface area contributed by atoms with Gasteiger partial charge in [-0.3, -0.25) is 14.9 Å². The van der Waals surface area contributed by atoms with Crippen molar-refractivity contribution in [3.8, 4) is 11.6 Å². The van der Waals surface area contributed by atoms with E-state index in [2.05, 4.69) is 14.5 Å². The summed E-state index contributed by atoms with van der Waals surface area (Å²) >= 11 is 0. The summed E-state index contributed by atoms with van der Waals surface area (Å²) in [6, 6.07) is 0. The highest BCUT2D eigenvalue weighted by atomic mass is 19.4. The number of carbonyl (C=O) groups excluding carboxylic acids is 1. The molecule has 0 radical (unpaired) electrons. The molecule has 0 spiro atoms. The van der Waals surface area contributed by atoms with E-state index in [9.17, 15) is 33.2 Å². The third-order valence-corrected chi connectivity index (χ3v) is 2.06. The van der Waals surface area contributed by atoms with Crippen molar-refractivity contribution in [1.82, 2.24) is 4.98 Å². The normalized spacial score (nSPS) is 11.0. The zero-order valence-electron chi connectivity index (χ0n) is 9.80. The fourth-order valence-electron chi connectivity index (χ4n) is 1.24. The summed E-state index contributed by atoms with van der Waals surface area (Å²) in [5.74, 6) is -3.53. The quantitative estimate of drug-likeness (QED) is 0.506. The topological polar surface area (TPSA) is 112 Å². The Labute approximate surface area is 108 Å². The minimum Gasteiger partial charge on any atom is -0.503 e. The van der Waals surface area contributed by atoms with E-state index >= 15 is 0 Å². The molecular weight excluding hydrogens is 289 g/mol. The molecule has 110 valence electrons. The van der Waals surface area contributed by atoms with Crippen molar-refractivity contribution in [1.29, 1.82) is 0 Å². The third kappa shape index (κ3) is 3.70. The SMILES string of the molecule is COC(=O)Cc1c([N+](=O)[O-])cnc(OC(F)(F)F)c1O. The summed E-state index contributed by atoms with van der Waals surface area (Å²) in [6.07, 6.45) is -5.52. The first kappa shape index (κ1) is 15.5. The fourth-order valence-corrected chi connectivity index (χ4v) is 1.24. The highest BCUT2D eigenvalue weighted by Crippen LogP contribution is 2.37. The number of alkyl halides is 3. The number of aromatic nitrogens is 1. The van der Waals surface area contributed by atoms with Crippen LogP contribution in [0.25, 0.3) is 0 Å². The second kappa shape index (κ2) is 5.59. The predicted octanol–water partition coefficient (Wildman–Crippen LogP) is 1.31. The Hall–Kier alpha value is -2.59. The van der Waals surface area contributed by atoms with Crippen molar-refractivity contribution in [2.75, 3.05) is 7.11 Å². The van der Waals surface area contributed by atoms with E-state index in [1.165, 1.54) is 0 Å². The van der Waals surface area contributed by atoms with Crippen LogP contribution in [0, 0.1) is 10.1 Å². The van der Waals surface area contributed by atoms with E-state index < -0.39 is 46.6 Å². The van der Waals surface area contributed by atoms with Crippen molar-refractivity contribution >= 4 is 11.7 Å². The van der Waals surface area contributed by atoms with Crippen molar-refractivity contribution in [3.05, 3.63) is 21.9 Å². The molecule has 0 fully saturated rings. The number of nitro groups is 1. The molecule has 1 aromatic rings. The van der Waals surface area contributed by atoms with Gasteiger partial charge in [0.2, 0.25) is 0 Å². The Morgan fingerprint density at radius 1 is 1.55 bits per heavy atom. The van der Waals surface area contributed by atoms with Crippen LogP contribution in [0.2, 0.25) is 0 Å². The van der Waals surface area contributed by atoms with Crippen molar-refractivity contribution in [3.63, 3.8) is 0 Å². The number of halogens is 3. The number of carbonyl (C=O) groups is 1. The van der Waals surface area contributed by atoms with Gasteiger partial charge < -0.3 is 14.6 Å². The number of esters is 1. The summed E-state index contributed by atoms with van der Waals surface area (Å²) in [7, 11) is 0.972. The number of rotatable bonds is 4. The molecular formula is C9H7F3N2O6. The molecule has 0 aliphatic heterocycles. The molecule has 0 atom stereocenters. The molecule has 1 aromatic heterocycles. The maximum atomic E-state index is 12.0. The molecule has 1 heterocycles. The van der Waals surface area contributed by atoms with Crippen molar-refractivity contribution < 1.29 is 37.5 Å². The van der Waals surface area contributed by atoms with Gasteiger partial charge in [-0.2, -0.15) is 0 Å². The van der Waals surface area contributed by atoms with Gasteiger partial charge in [0, 0.05) is 0 Å². The number of pyridine rings is 1. The fraction of sp³-hybridized carbons (Fsp3) is 0.333.